The summed E-state index contributed by atoms with van der Waals surface area (Å²) in [5.41, 5.74) is 0. The van der Waals surface area contributed by atoms with Crippen LogP contribution < -0.4 is 0 Å². The van der Waals surface area contributed by atoms with Crippen molar-refractivity contribution < 1.29 is 35.7 Å². The molecule has 0 atom stereocenters. The van der Waals surface area contributed by atoms with E-state index in [1.54, 1.807) is 0 Å². The van der Waals surface area contributed by atoms with Crippen molar-refractivity contribution in [3.05, 3.63) is 0 Å². The van der Waals surface area contributed by atoms with Gasteiger partial charge >= 0.3 is 21.3 Å². The molecule has 0 aromatic rings. The number of unbranched alkanes of at least 4 members (excludes halogenated alkanes) is 2. The molecule has 1 N–H and O–H groups in total. The van der Waals surface area contributed by atoms with Crippen LogP contribution >= 0.6 is 0 Å². The van der Waals surface area contributed by atoms with Gasteiger partial charge in [0.2, 0.25) is 0 Å². The zero-order chi connectivity index (χ0) is 12.8. The molecule has 0 saturated carbocycles. The average molecular weight is 264 g/mol. The van der Waals surface area contributed by atoms with Gasteiger partial charge in [0.25, 0.3) is 0 Å². The smallest absolute Gasteiger partial charge is 0.460 e. The minimum Gasteiger partial charge on any atom is -0.460 e. The summed E-state index contributed by atoms with van der Waals surface area (Å²) in [6, 6.07) is 0. The van der Waals surface area contributed by atoms with Gasteiger partial charge in [-0.05, 0) is 19.3 Å². The number of hydrogen-bond acceptors (Lipinski definition) is 4. The lowest BCUT2D eigenvalue weighted by molar-refractivity contribution is -0.161. The molecule has 0 heterocycles. The molecule has 96 valence electrons. The van der Waals surface area contributed by atoms with E-state index >= 15 is 0 Å². The summed E-state index contributed by atoms with van der Waals surface area (Å²) in [6.07, 6.45) is 0.657. The van der Waals surface area contributed by atoms with Crippen LogP contribution in [0.15, 0.2) is 0 Å². The van der Waals surface area contributed by atoms with Crippen molar-refractivity contribution in [2.24, 2.45) is 0 Å². The minimum atomic E-state index is -5.82. The van der Waals surface area contributed by atoms with E-state index in [0.29, 0.717) is 6.42 Å². The Balaban J connectivity index is 4.08. The largest absolute Gasteiger partial charge is 0.465 e. The fourth-order valence-corrected chi connectivity index (χ4v) is 0.997. The number of halogens is 3. The average Bonchev–Trinajstić information content (AvgIpc) is 2.15. The van der Waals surface area contributed by atoms with Crippen molar-refractivity contribution in [3.63, 3.8) is 0 Å². The Bertz CT molecular complexity index is 327. The van der Waals surface area contributed by atoms with Crippen molar-refractivity contribution >= 4 is 16.1 Å². The number of rotatable bonds is 7. The van der Waals surface area contributed by atoms with Gasteiger partial charge in [-0.15, -0.1) is 0 Å². The standard InChI is InChI=1S/C7H11F3O5S/c8-4-2-1-3-5-15-6(11)7(9,10)16(12,13)14/h1-5H2,(H,12,13,14). The van der Waals surface area contributed by atoms with Gasteiger partial charge in [-0.2, -0.15) is 17.2 Å². The third kappa shape index (κ3) is 4.35. The summed E-state index contributed by atoms with van der Waals surface area (Å²) in [5.74, 6) is -2.34. The van der Waals surface area contributed by atoms with Crippen LogP contribution in [0.4, 0.5) is 13.2 Å². The van der Waals surface area contributed by atoms with Gasteiger partial charge in [-0.1, -0.05) is 0 Å². The molecule has 0 aliphatic rings. The first-order valence-corrected chi connectivity index (χ1v) is 5.75. The summed E-state index contributed by atoms with van der Waals surface area (Å²) in [4.78, 5) is 10.6. The van der Waals surface area contributed by atoms with Crippen LogP contribution in [-0.4, -0.2) is 37.5 Å². The molecule has 0 amide bonds. The Morgan fingerprint density at radius 3 is 2.25 bits per heavy atom. The SMILES string of the molecule is O=C(OCCCCCF)C(F)(F)S(=O)(=O)O. The monoisotopic (exact) mass is 264 g/mol. The van der Waals surface area contributed by atoms with E-state index in [-0.39, 0.29) is 12.8 Å². The molecule has 16 heavy (non-hydrogen) atoms. The van der Waals surface area contributed by atoms with Crippen molar-refractivity contribution in [3.8, 4) is 0 Å². The second-order valence-corrected chi connectivity index (χ2v) is 4.34. The van der Waals surface area contributed by atoms with Crippen LogP contribution in [0.1, 0.15) is 19.3 Å². The Hall–Kier alpha value is -0.830. The number of carbonyl (C=O) groups is 1. The predicted octanol–water partition coefficient (Wildman–Crippen LogP) is 1.15. The van der Waals surface area contributed by atoms with Crippen molar-refractivity contribution in [1.29, 1.82) is 0 Å². The minimum absolute atomic E-state index is 0.136. The highest BCUT2D eigenvalue weighted by Crippen LogP contribution is 2.22. The highest BCUT2D eigenvalue weighted by Gasteiger charge is 2.54. The summed E-state index contributed by atoms with van der Waals surface area (Å²) < 4.78 is 68.8. The molecule has 0 unspecified atom stereocenters. The van der Waals surface area contributed by atoms with Crippen LogP contribution in [0.2, 0.25) is 0 Å². The Morgan fingerprint density at radius 2 is 1.81 bits per heavy atom. The molecule has 0 rings (SSSR count). The van der Waals surface area contributed by atoms with E-state index in [9.17, 15) is 26.4 Å². The topological polar surface area (TPSA) is 80.7 Å². The lowest BCUT2D eigenvalue weighted by Gasteiger charge is -2.11. The third-order valence-electron chi connectivity index (χ3n) is 1.57. The number of ether oxygens (including phenoxy) is 1. The van der Waals surface area contributed by atoms with Crippen LogP contribution in [0.3, 0.4) is 0 Å². The normalized spacial score (nSPS) is 12.5. The van der Waals surface area contributed by atoms with Crippen molar-refractivity contribution in [2.45, 2.75) is 24.5 Å². The molecule has 0 fully saturated rings. The molecule has 9 heteroatoms. The molecule has 0 aromatic carbocycles. The number of esters is 1. The maximum Gasteiger partial charge on any atom is 0.465 e. The molecule has 0 aliphatic carbocycles. The molecule has 0 aromatic heterocycles. The molecule has 0 aliphatic heterocycles. The molecular formula is C7H11F3O5S. The van der Waals surface area contributed by atoms with E-state index in [4.69, 9.17) is 4.55 Å². The van der Waals surface area contributed by atoms with Crippen LogP contribution in [0.5, 0.6) is 0 Å². The molecule has 0 saturated heterocycles. The summed E-state index contributed by atoms with van der Waals surface area (Å²) in [7, 11) is -5.82. The highest BCUT2D eigenvalue weighted by atomic mass is 32.2. The zero-order valence-corrected chi connectivity index (χ0v) is 8.97. The maximum absolute atomic E-state index is 12.5. The lowest BCUT2D eigenvalue weighted by Crippen LogP contribution is -2.39. The van der Waals surface area contributed by atoms with Gasteiger partial charge < -0.3 is 4.74 Å². The second-order valence-electron chi connectivity index (χ2n) is 2.88. The number of alkyl halides is 3. The quantitative estimate of drug-likeness (QED) is 0.424. The molecule has 0 bridgehead atoms. The summed E-state index contributed by atoms with van der Waals surface area (Å²) in [6.45, 7) is -1.03. The van der Waals surface area contributed by atoms with E-state index in [0.717, 1.165) is 0 Å². The highest BCUT2D eigenvalue weighted by molar-refractivity contribution is 7.87. The van der Waals surface area contributed by atoms with Gasteiger partial charge in [0.05, 0.1) is 13.3 Å². The molecule has 0 spiro atoms. The third-order valence-corrected chi connectivity index (χ3v) is 2.39. The molecule has 0 radical (unpaired) electrons. The first-order chi connectivity index (χ1) is 7.23. The van der Waals surface area contributed by atoms with E-state index in [2.05, 4.69) is 4.74 Å². The fraction of sp³-hybridized carbons (Fsp3) is 0.857. The molecular weight excluding hydrogens is 253 g/mol. The van der Waals surface area contributed by atoms with E-state index < -0.39 is 34.6 Å². The second kappa shape index (κ2) is 6.04. The summed E-state index contributed by atoms with van der Waals surface area (Å²) >= 11 is 0. The van der Waals surface area contributed by atoms with E-state index in [1.165, 1.54) is 0 Å². The van der Waals surface area contributed by atoms with Crippen LogP contribution in [0.25, 0.3) is 0 Å². The Morgan fingerprint density at radius 1 is 1.25 bits per heavy atom. The Labute approximate surface area is 90.3 Å². The number of carbonyl (C=O) groups excluding carboxylic acids is 1. The van der Waals surface area contributed by atoms with Gasteiger partial charge in [-0.25, -0.2) is 4.79 Å². The maximum atomic E-state index is 12.5. The van der Waals surface area contributed by atoms with Crippen molar-refractivity contribution in [2.75, 3.05) is 13.3 Å². The molecule has 5 nitrogen and oxygen atoms in total. The first kappa shape index (κ1) is 15.2. The van der Waals surface area contributed by atoms with Gasteiger partial charge in [-0.3, -0.25) is 8.94 Å². The number of hydrogen-bond donors (Lipinski definition) is 1. The summed E-state index contributed by atoms with van der Waals surface area (Å²) in [5, 5.41) is -4.97. The fourth-order valence-electron chi connectivity index (χ4n) is 0.728. The van der Waals surface area contributed by atoms with Crippen LogP contribution in [-0.2, 0) is 19.6 Å². The van der Waals surface area contributed by atoms with Gasteiger partial charge in [0.15, 0.2) is 0 Å². The van der Waals surface area contributed by atoms with Crippen molar-refractivity contribution in [1.82, 2.24) is 0 Å². The van der Waals surface area contributed by atoms with E-state index in [1.807, 2.05) is 0 Å². The van der Waals surface area contributed by atoms with Gasteiger partial charge in [0, 0.05) is 0 Å². The lowest BCUT2D eigenvalue weighted by atomic mass is 10.3. The zero-order valence-electron chi connectivity index (χ0n) is 8.16. The first-order valence-electron chi connectivity index (χ1n) is 4.31. The predicted molar refractivity (Wildman–Crippen MR) is 47.3 cm³/mol. The van der Waals surface area contributed by atoms with Crippen LogP contribution in [0, 0.1) is 0 Å². The Kier molecular flexibility index (Phi) is 5.73. The van der Waals surface area contributed by atoms with Gasteiger partial charge in [0.1, 0.15) is 0 Å².